The van der Waals surface area contributed by atoms with Crippen LogP contribution in [0.1, 0.15) is 31.7 Å². The molecule has 1 N–H and O–H groups in total. The Balaban J connectivity index is 2.13. The number of rotatable bonds is 6. The van der Waals surface area contributed by atoms with Crippen LogP contribution in [0.25, 0.3) is 0 Å². The zero-order valence-electron chi connectivity index (χ0n) is 11.7. The third kappa shape index (κ3) is 3.14. The SMILES string of the molecule is CCCn1ncnc1COc1ccccc1C(C)=NO. The van der Waals surface area contributed by atoms with E-state index in [-0.39, 0.29) is 0 Å². The summed E-state index contributed by atoms with van der Waals surface area (Å²) in [6.45, 7) is 4.96. The number of oxime groups is 1. The van der Waals surface area contributed by atoms with E-state index in [0.717, 1.165) is 24.4 Å². The fourth-order valence-corrected chi connectivity index (χ4v) is 1.89. The maximum Gasteiger partial charge on any atom is 0.164 e. The normalized spacial score (nSPS) is 11.6. The Hall–Kier alpha value is -2.37. The molecule has 0 bridgehead atoms. The summed E-state index contributed by atoms with van der Waals surface area (Å²) in [4.78, 5) is 4.19. The molecule has 0 fully saturated rings. The van der Waals surface area contributed by atoms with E-state index in [1.165, 1.54) is 6.33 Å². The monoisotopic (exact) mass is 274 g/mol. The Morgan fingerprint density at radius 2 is 2.20 bits per heavy atom. The van der Waals surface area contributed by atoms with Crippen LogP contribution in [0.5, 0.6) is 5.75 Å². The maximum atomic E-state index is 8.88. The first-order valence-electron chi connectivity index (χ1n) is 6.53. The lowest BCUT2D eigenvalue weighted by Crippen LogP contribution is -2.09. The van der Waals surface area contributed by atoms with Crippen LogP contribution in [-0.4, -0.2) is 25.7 Å². The van der Waals surface area contributed by atoms with Crippen LogP contribution < -0.4 is 4.74 Å². The number of aromatic nitrogens is 3. The van der Waals surface area contributed by atoms with Crippen molar-refractivity contribution in [2.75, 3.05) is 0 Å². The lowest BCUT2D eigenvalue weighted by molar-refractivity contribution is 0.284. The van der Waals surface area contributed by atoms with Crippen LogP contribution in [0, 0.1) is 0 Å². The van der Waals surface area contributed by atoms with E-state index in [0.29, 0.717) is 18.1 Å². The highest BCUT2D eigenvalue weighted by Gasteiger charge is 2.09. The Morgan fingerprint density at radius 1 is 1.40 bits per heavy atom. The first kappa shape index (κ1) is 14.0. The van der Waals surface area contributed by atoms with E-state index in [1.54, 1.807) is 6.92 Å². The molecule has 20 heavy (non-hydrogen) atoms. The van der Waals surface area contributed by atoms with Gasteiger partial charge in [-0.05, 0) is 25.5 Å². The number of para-hydroxylation sites is 1. The first-order valence-corrected chi connectivity index (χ1v) is 6.53. The summed E-state index contributed by atoms with van der Waals surface area (Å²) in [5, 5.41) is 16.3. The molecule has 1 aromatic heterocycles. The minimum atomic E-state index is 0.329. The second kappa shape index (κ2) is 6.70. The molecule has 1 aromatic carbocycles. The molecule has 1 heterocycles. The highest BCUT2D eigenvalue weighted by atomic mass is 16.5. The van der Waals surface area contributed by atoms with Crippen LogP contribution >= 0.6 is 0 Å². The summed E-state index contributed by atoms with van der Waals surface area (Å²) in [6, 6.07) is 7.43. The second-order valence-corrected chi connectivity index (χ2v) is 4.37. The van der Waals surface area contributed by atoms with Gasteiger partial charge in [-0.15, -0.1) is 0 Å². The molecule has 0 saturated heterocycles. The number of aryl methyl sites for hydroxylation is 1. The zero-order chi connectivity index (χ0) is 14.4. The highest BCUT2D eigenvalue weighted by molar-refractivity contribution is 6.00. The molecular formula is C14H18N4O2. The van der Waals surface area contributed by atoms with Crippen molar-refractivity contribution in [2.45, 2.75) is 33.4 Å². The van der Waals surface area contributed by atoms with Gasteiger partial charge in [0.25, 0.3) is 0 Å². The first-order chi connectivity index (χ1) is 9.76. The summed E-state index contributed by atoms with van der Waals surface area (Å²) < 4.78 is 7.61. The quantitative estimate of drug-likeness (QED) is 0.499. The van der Waals surface area contributed by atoms with E-state index in [4.69, 9.17) is 9.94 Å². The van der Waals surface area contributed by atoms with E-state index in [9.17, 15) is 0 Å². The van der Waals surface area contributed by atoms with Gasteiger partial charge in [0.1, 0.15) is 18.7 Å². The Morgan fingerprint density at radius 3 is 2.95 bits per heavy atom. The Labute approximate surface area is 117 Å². The van der Waals surface area contributed by atoms with E-state index in [1.807, 2.05) is 28.9 Å². The fraction of sp³-hybridized carbons (Fsp3) is 0.357. The van der Waals surface area contributed by atoms with Crippen LogP contribution in [0.15, 0.2) is 35.7 Å². The molecule has 0 radical (unpaired) electrons. The fourth-order valence-electron chi connectivity index (χ4n) is 1.89. The molecular weight excluding hydrogens is 256 g/mol. The molecule has 2 aromatic rings. The number of ether oxygens (including phenoxy) is 1. The van der Waals surface area contributed by atoms with Gasteiger partial charge in [-0.2, -0.15) is 5.10 Å². The largest absolute Gasteiger partial charge is 0.485 e. The molecule has 0 saturated carbocycles. The predicted octanol–water partition coefficient (Wildman–Crippen LogP) is 2.47. The van der Waals surface area contributed by atoms with Gasteiger partial charge in [-0.25, -0.2) is 9.67 Å². The number of hydrogen-bond donors (Lipinski definition) is 1. The van der Waals surface area contributed by atoms with Gasteiger partial charge in [-0.3, -0.25) is 0 Å². The van der Waals surface area contributed by atoms with Crippen molar-refractivity contribution in [3.63, 3.8) is 0 Å². The van der Waals surface area contributed by atoms with Gasteiger partial charge < -0.3 is 9.94 Å². The van der Waals surface area contributed by atoms with Gasteiger partial charge in [0.05, 0.1) is 5.71 Å². The predicted molar refractivity (Wildman–Crippen MR) is 75.1 cm³/mol. The Bertz CT molecular complexity index is 592. The van der Waals surface area contributed by atoms with E-state index in [2.05, 4.69) is 22.2 Å². The highest BCUT2D eigenvalue weighted by Crippen LogP contribution is 2.19. The maximum absolute atomic E-state index is 8.88. The molecule has 0 aliphatic rings. The summed E-state index contributed by atoms with van der Waals surface area (Å²) in [5.41, 5.74) is 1.27. The standard InChI is InChI=1S/C14H18N4O2/c1-3-8-18-14(15-10-16-18)9-20-13-7-5-4-6-12(13)11(2)17-19/h4-7,10,19H,3,8-9H2,1-2H3. The van der Waals surface area contributed by atoms with Crippen molar-refractivity contribution in [1.29, 1.82) is 0 Å². The van der Waals surface area contributed by atoms with Gasteiger partial charge in [0.2, 0.25) is 0 Å². The van der Waals surface area contributed by atoms with Crippen molar-refractivity contribution >= 4 is 5.71 Å². The average molecular weight is 274 g/mol. The second-order valence-electron chi connectivity index (χ2n) is 4.37. The van der Waals surface area contributed by atoms with Crippen molar-refractivity contribution in [1.82, 2.24) is 14.8 Å². The summed E-state index contributed by atoms with van der Waals surface area (Å²) in [6.07, 6.45) is 2.52. The van der Waals surface area contributed by atoms with E-state index >= 15 is 0 Å². The molecule has 0 aliphatic heterocycles. The number of nitrogens with zero attached hydrogens (tertiary/aromatic N) is 4. The Kier molecular flexibility index (Phi) is 4.70. The molecule has 0 unspecified atom stereocenters. The summed E-state index contributed by atoms with van der Waals surface area (Å²) in [7, 11) is 0. The minimum absolute atomic E-state index is 0.329. The van der Waals surface area contributed by atoms with Gasteiger partial charge in [-0.1, -0.05) is 24.2 Å². The molecule has 6 heteroatoms. The molecule has 6 nitrogen and oxygen atoms in total. The van der Waals surface area contributed by atoms with Crippen LogP contribution in [0.4, 0.5) is 0 Å². The van der Waals surface area contributed by atoms with Crippen molar-refractivity contribution in [2.24, 2.45) is 5.16 Å². The minimum Gasteiger partial charge on any atom is -0.485 e. The zero-order valence-corrected chi connectivity index (χ0v) is 11.7. The van der Waals surface area contributed by atoms with Crippen LogP contribution in [0.3, 0.4) is 0 Å². The topological polar surface area (TPSA) is 72.5 Å². The van der Waals surface area contributed by atoms with Crippen molar-refractivity contribution < 1.29 is 9.94 Å². The van der Waals surface area contributed by atoms with Crippen molar-refractivity contribution in [3.8, 4) is 5.75 Å². The average Bonchev–Trinajstić information content (AvgIpc) is 2.92. The lowest BCUT2D eigenvalue weighted by atomic mass is 10.1. The smallest absolute Gasteiger partial charge is 0.164 e. The summed E-state index contributed by atoms with van der Waals surface area (Å²) >= 11 is 0. The molecule has 0 amide bonds. The molecule has 0 aliphatic carbocycles. The van der Waals surface area contributed by atoms with Gasteiger partial charge in [0.15, 0.2) is 5.82 Å². The molecule has 0 atom stereocenters. The third-order valence-electron chi connectivity index (χ3n) is 2.91. The van der Waals surface area contributed by atoms with E-state index < -0.39 is 0 Å². The molecule has 2 rings (SSSR count). The van der Waals surface area contributed by atoms with Gasteiger partial charge in [0, 0.05) is 12.1 Å². The molecule has 106 valence electrons. The van der Waals surface area contributed by atoms with Crippen molar-refractivity contribution in [3.05, 3.63) is 42.0 Å². The van der Waals surface area contributed by atoms with Gasteiger partial charge >= 0.3 is 0 Å². The van der Waals surface area contributed by atoms with Crippen LogP contribution in [0.2, 0.25) is 0 Å². The molecule has 0 spiro atoms. The summed E-state index contributed by atoms with van der Waals surface area (Å²) in [5.74, 6) is 1.44. The third-order valence-corrected chi connectivity index (χ3v) is 2.91. The van der Waals surface area contributed by atoms with Crippen LogP contribution in [-0.2, 0) is 13.2 Å². The number of benzene rings is 1. The number of hydrogen-bond acceptors (Lipinski definition) is 5. The lowest BCUT2D eigenvalue weighted by Gasteiger charge is -2.10.